The molecule has 0 bridgehead atoms. The second kappa shape index (κ2) is 13.5. The van der Waals surface area contributed by atoms with Crippen molar-refractivity contribution in [3.8, 4) is 5.75 Å². The molecule has 258 valence electrons. The number of nitrogens with one attached hydrogen (secondary N) is 2. The number of amides is 2. The molecule has 0 radical (unpaired) electrons. The Labute approximate surface area is 275 Å². The van der Waals surface area contributed by atoms with E-state index < -0.39 is 45.1 Å². The fraction of sp³-hybridized carbons (Fsp3) is 0.531. The number of sulfonamides is 1. The maximum absolute atomic E-state index is 13.8. The van der Waals surface area contributed by atoms with Gasteiger partial charge in [0.1, 0.15) is 18.0 Å². The lowest BCUT2D eigenvalue weighted by atomic mass is 9.90. The van der Waals surface area contributed by atoms with E-state index in [0.29, 0.717) is 49.8 Å². The Morgan fingerprint density at radius 3 is 2.60 bits per heavy atom. The van der Waals surface area contributed by atoms with Gasteiger partial charge in [-0.3, -0.25) is 24.3 Å². The van der Waals surface area contributed by atoms with Crippen molar-refractivity contribution < 1.29 is 36.6 Å². The van der Waals surface area contributed by atoms with Crippen molar-refractivity contribution in [1.29, 1.82) is 0 Å². The largest absolute Gasteiger partial charge is 0.492 e. The number of fused-ring (bicyclic) bond motifs is 1. The fourth-order valence-electron chi connectivity index (χ4n) is 6.88. The van der Waals surface area contributed by atoms with Crippen molar-refractivity contribution >= 4 is 38.8 Å². The molecule has 2 aliphatic heterocycles. The maximum Gasteiger partial charge on any atom is 0.269 e. The zero-order valence-electron chi connectivity index (χ0n) is 26.4. The van der Waals surface area contributed by atoms with Gasteiger partial charge in [-0.2, -0.15) is 4.98 Å². The summed E-state index contributed by atoms with van der Waals surface area (Å²) in [6.45, 7) is 1.99. The number of imide groups is 1. The number of ether oxygens (including phenoxy) is 1. The SMILES string of the molecule is C[C@@]1(O)CCC[C@H]1n1c(=O)c(C(F)F)cc2cnc(NC3CCN(S(=O)(=O)CCOc4cccc(C5CCC(=O)NC5=O)c4)CC3)nc21. The average molecular weight is 689 g/mol. The highest BCUT2D eigenvalue weighted by atomic mass is 32.2. The van der Waals surface area contributed by atoms with Crippen LogP contribution in [0.15, 0.2) is 41.3 Å². The third kappa shape index (κ3) is 7.05. The van der Waals surface area contributed by atoms with E-state index in [0.717, 1.165) is 6.07 Å². The van der Waals surface area contributed by atoms with Crippen LogP contribution in [0.2, 0.25) is 0 Å². The second-order valence-corrected chi connectivity index (χ2v) is 15.0. The summed E-state index contributed by atoms with van der Waals surface area (Å²) in [5.74, 6) is -0.782. The second-order valence-electron chi connectivity index (χ2n) is 12.9. The van der Waals surface area contributed by atoms with Crippen LogP contribution in [0.25, 0.3) is 11.0 Å². The fourth-order valence-corrected chi connectivity index (χ4v) is 8.20. The number of carbonyl (C=O) groups is 2. The van der Waals surface area contributed by atoms with Gasteiger partial charge in [0.2, 0.25) is 27.8 Å². The topological polar surface area (TPSA) is 173 Å². The standard InChI is InChI=1S/C32H38F2N6O7S/c1-32(44)11-3-6-25(32)40-28-20(17-24(27(33)34)30(40)43)18-35-31(38-28)36-21-9-12-39(13-10-21)48(45,46)15-14-47-22-5-2-4-19(16-22)23-7-8-26(41)37-29(23)42/h2,4-5,16-18,21,23,25,27,44H,3,6-15H2,1H3,(H,35,36,38)(H,37,41,42)/t23?,25-,32-/m1/s1. The minimum Gasteiger partial charge on any atom is -0.492 e. The van der Waals surface area contributed by atoms with E-state index in [1.165, 1.54) is 15.1 Å². The number of halogens is 2. The predicted octanol–water partition coefficient (Wildman–Crippen LogP) is 3.01. The van der Waals surface area contributed by atoms with Gasteiger partial charge < -0.3 is 15.2 Å². The van der Waals surface area contributed by atoms with Crippen molar-refractivity contribution in [2.24, 2.45) is 0 Å². The van der Waals surface area contributed by atoms with Gasteiger partial charge in [-0.05, 0) is 69.2 Å². The molecule has 2 amide bonds. The summed E-state index contributed by atoms with van der Waals surface area (Å²) in [6.07, 6.45) is 1.41. The van der Waals surface area contributed by atoms with Crippen LogP contribution in [0.3, 0.4) is 0 Å². The van der Waals surface area contributed by atoms with Crippen LogP contribution >= 0.6 is 0 Å². The highest BCUT2D eigenvalue weighted by molar-refractivity contribution is 7.89. The number of rotatable bonds is 10. The molecule has 4 heterocycles. The van der Waals surface area contributed by atoms with E-state index in [1.807, 2.05) is 0 Å². The Bertz CT molecular complexity index is 1880. The lowest BCUT2D eigenvalue weighted by Gasteiger charge is -2.32. The van der Waals surface area contributed by atoms with Gasteiger partial charge in [0.15, 0.2) is 0 Å². The maximum atomic E-state index is 13.8. The van der Waals surface area contributed by atoms with Crippen molar-refractivity contribution in [3.05, 3.63) is 58.0 Å². The van der Waals surface area contributed by atoms with Crippen molar-refractivity contribution in [2.45, 2.75) is 81.9 Å². The van der Waals surface area contributed by atoms with E-state index in [1.54, 1.807) is 31.2 Å². The molecule has 3 aliphatic rings. The number of anilines is 1. The highest BCUT2D eigenvalue weighted by Gasteiger charge is 2.40. The first-order chi connectivity index (χ1) is 22.8. The van der Waals surface area contributed by atoms with E-state index in [9.17, 15) is 36.7 Å². The monoisotopic (exact) mass is 688 g/mol. The summed E-state index contributed by atoms with van der Waals surface area (Å²) < 4.78 is 62.1. The number of carbonyl (C=O) groups excluding carboxylic acids is 2. The van der Waals surface area contributed by atoms with Crippen LogP contribution < -0.4 is 20.9 Å². The first kappa shape index (κ1) is 33.9. The first-order valence-electron chi connectivity index (χ1n) is 16.1. The van der Waals surface area contributed by atoms with Crippen LogP contribution in [0.4, 0.5) is 14.7 Å². The van der Waals surface area contributed by atoms with Gasteiger partial charge in [0, 0.05) is 37.1 Å². The van der Waals surface area contributed by atoms with Gasteiger partial charge in [-0.25, -0.2) is 26.5 Å². The molecule has 6 rings (SSSR count). The number of piperidine rings is 2. The van der Waals surface area contributed by atoms with E-state index >= 15 is 0 Å². The van der Waals surface area contributed by atoms with E-state index in [4.69, 9.17) is 4.74 Å². The highest BCUT2D eigenvalue weighted by Crippen LogP contribution is 2.40. The molecule has 3 fully saturated rings. The van der Waals surface area contributed by atoms with Crippen LogP contribution in [-0.4, -0.2) is 81.3 Å². The van der Waals surface area contributed by atoms with Crippen LogP contribution in [0.5, 0.6) is 5.75 Å². The molecule has 1 aromatic carbocycles. The summed E-state index contributed by atoms with van der Waals surface area (Å²) in [5, 5.41) is 16.7. The van der Waals surface area contributed by atoms with Gasteiger partial charge in [0.05, 0.1) is 28.9 Å². The molecule has 3 N–H and O–H groups in total. The Morgan fingerprint density at radius 2 is 1.92 bits per heavy atom. The quantitative estimate of drug-likeness (QED) is 0.269. The molecule has 16 heteroatoms. The Balaban J connectivity index is 1.07. The number of hydrogen-bond donors (Lipinski definition) is 3. The first-order valence-corrected chi connectivity index (χ1v) is 17.7. The molecular formula is C32H38F2N6O7S. The molecule has 3 atom stereocenters. The smallest absolute Gasteiger partial charge is 0.269 e. The molecule has 3 aromatic rings. The number of hydrogen-bond acceptors (Lipinski definition) is 10. The summed E-state index contributed by atoms with van der Waals surface area (Å²) in [4.78, 5) is 45.7. The van der Waals surface area contributed by atoms with Crippen molar-refractivity contribution in [3.63, 3.8) is 0 Å². The minimum atomic E-state index is -3.64. The summed E-state index contributed by atoms with van der Waals surface area (Å²) >= 11 is 0. The van der Waals surface area contributed by atoms with Gasteiger partial charge in [0.25, 0.3) is 12.0 Å². The summed E-state index contributed by atoms with van der Waals surface area (Å²) in [6, 6.07) is 7.04. The van der Waals surface area contributed by atoms with Gasteiger partial charge in [-0.1, -0.05) is 12.1 Å². The predicted molar refractivity (Wildman–Crippen MR) is 171 cm³/mol. The van der Waals surface area contributed by atoms with Crippen molar-refractivity contribution in [1.82, 2.24) is 24.2 Å². The van der Waals surface area contributed by atoms with E-state index in [2.05, 4.69) is 20.6 Å². The Morgan fingerprint density at radius 1 is 1.15 bits per heavy atom. The molecular weight excluding hydrogens is 650 g/mol. The lowest BCUT2D eigenvalue weighted by molar-refractivity contribution is -0.134. The van der Waals surface area contributed by atoms with E-state index in [-0.39, 0.29) is 66.7 Å². The number of aliphatic hydroxyl groups is 1. The number of pyridine rings is 1. The molecule has 2 aromatic heterocycles. The molecule has 0 spiro atoms. The zero-order valence-corrected chi connectivity index (χ0v) is 27.2. The van der Waals surface area contributed by atoms with Gasteiger partial charge >= 0.3 is 0 Å². The summed E-state index contributed by atoms with van der Waals surface area (Å²) in [7, 11) is -3.64. The normalized spacial score (nSPS) is 24.3. The Hall–Kier alpha value is -4.02. The molecule has 2 saturated heterocycles. The average Bonchev–Trinajstić information content (AvgIpc) is 3.39. The van der Waals surface area contributed by atoms with Crippen LogP contribution in [0, 0.1) is 0 Å². The van der Waals surface area contributed by atoms with Gasteiger partial charge in [-0.15, -0.1) is 0 Å². The zero-order chi connectivity index (χ0) is 34.2. The number of nitrogens with zero attached hydrogens (tertiary/aromatic N) is 4. The van der Waals surface area contributed by atoms with Crippen LogP contribution in [0.1, 0.15) is 81.4 Å². The third-order valence-electron chi connectivity index (χ3n) is 9.52. The molecule has 13 nitrogen and oxygen atoms in total. The summed E-state index contributed by atoms with van der Waals surface area (Å²) in [5.41, 5.74) is -1.99. The van der Waals surface area contributed by atoms with Crippen molar-refractivity contribution in [2.75, 3.05) is 30.8 Å². The Kier molecular flexibility index (Phi) is 9.51. The number of benzene rings is 1. The molecule has 48 heavy (non-hydrogen) atoms. The number of alkyl halides is 2. The third-order valence-corrected chi connectivity index (χ3v) is 11.4. The number of aromatic nitrogens is 3. The molecule has 1 unspecified atom stereocenters. The lowest BCUT2D eigenvalue weighted by Crippen LogP contribution is -2.44. The molecule has 1 aliphatic carbocycles. The van der Waals surface area contributed by atoms with Crippen LogP contribution in [-0.2, 0) is 19.6 Å². The minimum absolute atomic E-state index is 0.0902. The molecule has 1 saturated carbocycles.